The van der Waals surface area contributed by atoms with Gasteiger partial charge >= 0.3 is 5.69 Å². The van der Waals surface area contributed by atoms with Crippen LogP contribution in [0.1, 0.15) is 12.0 Å². The molecule has 0 fully saturated rings. The molecule has 4 rings (SSSR count). The van der Waals surface area contributed by atoms with Gasteiger partial charge in [-0.25, -0.2) is 13.6 Å². The lowest BCUT2D eigenvalue weighted by Crippen LogP contribution is -2.36. The van der Waals surface area contributed by atoms with Crippen molar-refractivity contribution in [1.82, 2.24) is 9.55 Å². The topological polar surface area (TPSA) is 56.6 Å². The van der Waals surface area contributed by atoms with E-state index in [1.54, 1.807) is 16.7 Å². The van der Waals surface area contributed by atoms with Crippen molar-refractivity contribution in [2.75, 3.05) is 25.1 Å². The molecule has 0 saturated heterocycles. The Bertz CT molecular complexity index is 1170. The number of halogens is 3. The van der Waals surface area contributed by atoms with Crippen molar-refractivity contribution >= 4 is 17.4 Å². The summed E-state index contributed by atoms with van der Waals surface area (Å²) in [5.41, 5.74) is 0.337. The van der Waals surface area contributed by atoms with E-state index in [1.807, 2.05) is 11.9 Å². The number of nitrogens with zero attached hydrogens (tertiary/aromatic N) is 3. The second-order valence-corrected chi connectivity index (χ2v) is 7.61. The Kier molecular flexibility index (Phi) is 6.08. The van der Waals surface area contributed by atoms with Crippen molar-refractivity contribution in [2.24, 2.45) is 0 Å². The quantitative estimate of drug-likeness (QED) is 0.559. The number of aromatic nitrogens is 2. The molecule has 6 nitrogen and oxygen atoms in total. The van der Waals surface area contributed by atoms with E-state index in [0.29, 0.717) is 18.5 Å². The maximum atomic E-state index is 14.4. The highest BCUT2D eigenvalue weighted by atomic mass is 35.5. The lowest BCUT2D eigenvalue weighted by molar-refractivity contribution is 0.305. The predicted octanol–water partition coefficient (Wildman–Crippen LogP) is 4.43. The Hall–Kier alpha value is -3.13. The molecule has 0 radical (unpaired) electrons. The average Bonchev–Trinajstić information content (AvgIpc) is 2.73. The van der Waals surface area contributed by atoms with E-state index in [-0.39, 0.29) is 34.7 Å². The third-order valence-electron chi connectivity index (χ3n) is 4.99. The van der Waals surface area contributed by atoms with E-state index >= 15 is 0 Å². The lowest BCUT2D eigenvalue weighted by Gasteiger charge is -2.28. The van der Waals surface area contributed by atoms with Gasteiger partial charge < -0.3 is 14.4 Å². The summed E-state index contributed by atoms with van der Waals surface area (Å²) in [7, 11) is 1.92. The van der Waals surface area contributed by atoms with Crippen LogP contribution in [0, 0.1) is 11.6 Å². The van der Waals surface area contributed by atoms with Gasteiger partial charge in [0, 0.05) is 38.7 Å². The maximum absolute atomic E-state index is 14.4. The Morgan fingerprint density at radius 2 is 1.94 bits per heavy atom. The largest absolute Gasteiger partial charge is 0.477 e. The number of hydrogen-bond acceptors (Lipinski definition) is 5. The number of ether oxygens (including phenoxy) is 2. The van der Waals surface area contributed by atoms with Crippen LogP contribution in [0.5, 0.6) is 17.4 Å². The molecule has 9 heteroatoms. The van der Waals surface area contributed by atoms with Crippen LogP contribution in [0.3, 0.4) is 0 Å². The number of hydrogen-bond donors (Lipinski definition) is 0. The highest BCUT2D eigenvalue weighted by Crippen LogP contribution is 2.28. The van der Waals surface area contributed by atoms with Crippen LogP contribution in [0.25, 0.3) is 0 Å². The maximum Gasteiger partial charge on any atom is 0.352 e. The second kappa shape index (κ2) is 8.93. The molecule has 1 aliphatic heterocycles. The van der Waals surface area contributed by atoms with Gasteiger partial charge in [0.2, 0.25) is 5.88 Å². The lowest BCUT2D eigenvalue weighted by atomic mass is 10.1. The molecule has 1 aliphatic rings. The molecule has 0 atom stereocenters. The monoisotopic (exact) mass is 447 g/mol. The van der Waals surface area contributed by atoms with E-state index in [9.17, 15) is 13.6 Å². The van der Waals surface area contributed by atoms with Gasteiger partial charge in [-0.15, -0.1) is 0 Å². The first-order valence-electron chi connectivity index (χ1n) is 9.78. The molecule has 0 unspecified atom stereocenters. The van der Waals surface area contributed by atoms with E-state index in [0.717, 1.165) is 24.8 Å². The van der Waals surface area contributed by atoms with E-state index in [4.69, 9.17) is 21.1 Å². The fraction of sp³-hybridized carbons (Fsp3) is 0.273. The molecule has 31 heavy (non-hydrogen) atoms. The minimum atomic E-state index is -0.644. The van der Waals surface area contributed by atoms with Crippen molar-refractivity contribution in [1.29, 1.82) is 0 Å². The van der Waals surface area contributed by atoms with Crippen LogP contribution in [0.4, 0.5) is 14.6 Å². The molecule has 0 amide bonds. The van der Waals surface area contributed by atoms with Crippen molar-refractivity contribution < 1.29 is 18.3 Å². The molecule has 1 aromatic heterocycles. The summed E-state index contributed by atoms with van der Waals surface area (Å²) < 4.78 is 40.6. The third kappa shape index (κ3) is 4.80. The Labute approximate surface area is 182 Å². The Balaban J connectivity index is 1.39. The molecule has 162 valence electrons. The Morgan fingerprint density at radius 1 is 1.10 bits per heavy atom. The summed E-state index contributed by atoms with van der Waals surface area (Å²) in [6.45, 7) is 1.73. The van der Waals surface area contributed by atoms with Crippen LogP contribution in [-0.4, -0.2) is 29.8 Å². The van der Waals surface area contributed by atoms with Crippen LogP contribution in [0.2, 0.25) is 5.02 Å². The summed E-state index contributed by atoms with van der Waals surface area (Å²) >= 11 is 5.64. The second-order valence-electron chi connectivity index (χ2n) is 7.20. The van der Waals surface area contributed by atoms with Crippen molar-refractivity contribution in [3.63, 3.8) is 0 Å². The molecular weight excluding hydrogens is 428 g/mol. The highest BCUT2D eigenvalue weighted by molar-refractivity contribution is 6.30. The molecule has 3 aromatic rings. The first kappa shape index (κ1) is 21.1. The van der Waals surface area contributed by atoms with Gasteiger partial charge in [-0.1, -0.05) is 17.7 Å². The normalized spacial score (nSPS) is 13.1. The van der Waals surface area contributed by atoms with Crippen molar-refractivity contribution in [3.05, 3.63) is 75.2 Å². The first-order chi connectivity index (χ1) is 14.9. The number of anilines is 1. The van der Waals surface area contributed by atoms with Gasteiger partial charge in [-0.05, 0) is 36.2 Å². The van der Waals surface area contributed by atoms with Crippen LogP contribution >= 0.6 is 11.6 Å². The van der Waals surface area contributed by atoms with Crippen LogP contribution < -0.4 is 20.1 Å². The van der Waals surface area contributed by atoms with E-state index < -0.39 is 11.6 Å². The molecule has 2 aromatic carbocycles. The predicted molar refractivity (Wildman–Crippen MR) is 113 cm³/mol. The fourth-order valence-corrected chi connectivity index (χ4v) is 3.50. The fourth-order valence-electron chi connectivity index (χ4n) is 3.38. The summed E-state index contributed by atoms with van der Waals surface area (Å²) in [5.74, 6) is -0.0948. The zero-order valence-corrected chi connectivity index (χ0v) is 17.5. The summed E-state index contributed by atoms with van der Waals surface area (Å²) in [4.78, 5) is 18.1. The van der Waals surface area contributed by atoms with Gasteiger partial charge in [-0.2, -0.15) is 4.98 Å². The number of fused-ring (bicyclic) bond motifs is 1. The van der Waals surface area contributed by atoms with E-state index in [1.165, 1.54) is 24.3 Å². The third-order valence-corrected chi connectivity index (χ3v) is 5.29. The van der Waals surface area contributed by atoms with Gasteiger partial charge in [-0.3, -0.25) is 4.57 Å². The summed E-state index contributed by atoms with van der Waals surface area (Å²) in [5, 5.41) is -0.0362. The molecular formula is C22H20ClF2N3O3. The summed E-state index contributed by atoms with van der Waals surface area (Å²) in [6.07, 6.45) is 1.30. The highest BCUT2D eigenvalue weighted by Gasteiger charge is 2.17. The zero-order valence-electron chi connectivity index (χ0n) is 16.8. The number of rotatable bonds is 6. The molecule has 0 bridgehead atoms. The molecule has 0 N–H and O–H groups in total. The average molecular weight is 448 g/mol. The zero-order chi connectivity index (χ0) is 22.0. The standard InChI is InChI=1S/C22H20ClF2N3O3/c1-27-8-2-9-28-21(27)13-20(26-22(28)29)30-10-7-14-3-6-19(18(25)11-14)31-15-4-5-16(23)17(24)12-15/h3-6,11-13H,2,7-10H2,1H3. The van der Waals surface area contributed by atoms with Gasteiger partial charge in [0.1, 0.15) is 17.4 Å². The molecule has 0 saturated carbocycles. The molecule has 2 heterocycles. The molecule has 0 spiro atoms. The van der Waals surface area contributed by atoms with Crippen LogP contribution in [-0.2, 0) is 13.0 Å². The van der Waals surface area contributed by atoms with Crippen LogP contribution in [0.15, 0.2) is 47.3 Å². The molecule has 0 aliphatic carbocycles. The smallest absolute Gasteiger partial charge is 0.352 e. The number of benzene rings is 2. The van der Waals surface area contributed by atoms with Gasteiger partial charge in [0.05, 0.1) is 11.6 Å². The SMILES string of the molecule is CN1CCCn2c1cc(OCCc1ccc(Oc3ccc(Cl)c(F)c3)c(F)c1)nc2=O. The van der Waals surface area contributed by atoms with Gasteiger partial charge in [0.25, 0.3) is 0 Å². The summed E-state index contributed by atoms with van der Waals surface area (Å²) in [6, 6.07) is 10.1. The van der Waals surface area contributed by atoms with Crippen molar-refractivity contribution in [2.45, 2.75) is 19.4 Å². The van der Waals surface area contributed by atoms with Crippen molar-refractivity contribution in [3.8, 4) is 17.4 Å². The minimum Gasteiger partial charge on any atom is -0.477 e. The van der Waals surface area contributed by atoms with E-state index in [2.05, 4.69) is 4.98 Å². The minimum absolute atomic E-state index is 0.0289. The van der Waals surface area contributed by atoms with Gasteiger partial charge in [0.15, 0.2) is 11.6 Å². The Morgan fingerprint density at radius 3 is 2.71 bits per heavy atom. The first-order valence-corrected chi connectivity index (χ1v) is 10.2.